The average Bonchev–Trinajstić information content (AvgIpc) is 3.29. The summed E-state index contributed by atoms with van der Waals surface area (Å²) in [7, 11) is 1.58. The summed E-state index contributed by atoms with van der Waals surface area (Å²) in [6.07, 6.45) is 6.84. The summed E-state index contributed by atoms with van der Waals surface area (Å²) in [6.45, 7) is 10.3. The van der Waals surface area contributed by atoms with E-state index >= 15 is 0 Å². The number of rotatable bonds is 2. The number of nitrogens with one attached hydrogen (secondary N) is 1. The first-order chi connectivity index (χ1) is 13.8. The topological polar surface area (TPSA) is 79.8 Å². The van der Waals surface area contributed by atoms with E-state index in [1.165, 1.54) is 0 Å². The van der Waals surface area contributed by atoms with Gasteiger partial charge in [0.25, 0.3) is 0 Å². The number of methoxy groups -OCH3 is 1. The summed E-state index contributed by atoms with van der Waals surface area (Å²) in [4.78, 5) is 26.6. The van der Waals surface area contributed by atoms with Crippen molar-refractivity contribution in [2.45, 2.75) is 77.4 Å². The molecule has 0 saturated carbocycles. The molecule has 1 aromatic heterocycles. The highest BCUT2D eigenvalue weighted by atomic mass is 35.5. The monoisotopic (exact) mass is 424 g/mol. The molecule has 3 rings (SSSR count). The van der Waals surface area contributed by atoms with Crippen molar-refractivity contribution >= 4 is 29.2 Å². The molecule has 162 valence electrons. The number of aromatic amines is 1. The van der Waals surface area contributed by atoms with E-state index < -0.39 is 5.60 Å². The van der Waals surface area contributed by atoms with Gasteiger partial charge in [-0.05, 0) is 46.5 Å². The number of nitrogens with zero attached hydrogens (tertiary/aromatic N) is 3. The highest BCUT2D eigenvalue weighted by Crippen LogP contribution is 2.33. The summed E-state index contributed by atoms with van der Waals surface area (Å²) in [5.41, 5.74) is 0.841. The van der Waals surface area contributed by atoms with Crippen molar-refractivity contribution in [3.8, 4) is 0 Å². The number of amides is 1. The van der Waals surface area contributed by atoms with E-state index in [0.717, 1.165) is 42.8 Å². The maximum absolute atomic E-state index is 12.5. The highest BCUT2D eigenvalue weighted by molar-refractivity contribution is 6.24. The Hall–Kier alpha value is -2.02. The molecule has 1 amide bonds. The molecule has 1 aromatic rings. The van der Waals surface area contributed by atoms with Crippen LogP contribution in [0.5, 0.6) is 0 Å². The Kier molecular flexibility index (Phi) is 8.14. The quantitative estimate of drug-likeness (QED) is 0.516. The van der Waals surface area contributed by atoms with E-state index in [0.29, 0.717) is 12.4 Å². The van der Waals surface area contributed by atoms with Crippen molar-refractivity contribution in [3.63, 3.8) is 0 Å². The number of carbonyl (C=O) groups excluding carboxylic acids is 1. The van der Waals surface area contributed by atoms with Gasteiger partial charge in [0, 0.05) is 6.54 Å². The van der Waals surface area contributed by atoms with Crippen molar-refractivity contribution < 1.29 is 14.3 Å². The van der Waals surface area contributed by atoms with Crippen molar-refractivity contribution in [1.82, 2.24) is 14.9 Å². The number of allylic oxidation sites excluding steroid dienone is 1. The molecule has 0 radical (unpaired) electrons. The van der Waals surface area contributed by atoms with E-state index in [1.54, 1.807) is 18.2 Å². The third-order valence-electron chi connectivity index (χ3n) is 4.52. The average molecular weight is 425 g/mol. The van der Waals surface area contributed by atoms with E-state index in [-0.39, 0.29) is 17.6 Å². The van der Waals surface area contributed by atoms with Gasteiger partial charge in [-0.3, -0.25) is 4.90 Å². The number of likely N-dealkylation sites (tertiary alicyclic amines) is 1. The molecule has 1 fully saturated rings. The van der Waals surface area contributed by atoms with Gasteiger partial charge in [-0.15, -0.1) is 0 Å². The zero-order valence-corrected chi connectivity index (χ0v) is 19.0. The molecule has 2 unspecified atom stereocenters. The van der Waals surface area contributed by atoms with E-state index in [9.17, 15) is 4.79 Å². The van der Waals surface area contributed by atoms with Crippen LogP contribution in [0, 0.1) is 0 Å². The van der Waals surface area contributed by atoms with Crippen LogP contribution in [-0.2, 0) is 9.47 Å². The van der Waals surface area contributed by atoms with Gasteiger partial charge in [0.05, 0.1) is 30.6 Å². The number of alkyl halides is 1. The number of hydrogen-bond acceptors (Lipinski definition) is 5. The van der Waals surface area contributed by atoms with Gasteiger partial charge in [-0.2, -0.15) is 0 Å². The largest absolute Gasteiger partial charge is 0.481 e. The normalized spacial score (nSPS) is 22.1. The fourth-order valence-electron chi connectivity index (χ4n) is 3.33. The lowest BCUT2D eigenvalue weighted by Gasteiger charge is -2.27. The summed E-state index contributed by atoms with van der Waals surface area (Å²) < 4.78 is 11.0. The second kappa shape index (κ2) is 10.1. The summed E-state index contributed by atoms with van der Waals surface area (Å²) in [5, 5.41) is 0. The molecule has 0 spiro atoms. The molecule has 2 aliphatic rings. The summed E-state index contributed by atoms with van der Waals surface area (Å²) >= 11 is 6.18. The number of halogens is 1. The van der Waals surface area contributed by atoms with Crippen molar-refractivity contribution in [2.24, 2.45) is 4.99 Å². The number of hydrogen-bond donors (Lipinski definition) is 1. The Morgan fingerprint density at radius 2 is 2.03 bits per heavy atom. The molecule has 1 N–H and O–H groups in total. The second-order valence-corrected chi connectivity index (χ2v) is 8.29. The third-order valence-corrected chi connectivity index (χ3v) is 4.83. The Balaban J connectivity index is 0.00000145. The molecule has 29 heavy (non-hydrogen) atoms. The van der Waals surface area contributed by atoms with Gasteiger partial charge in [0.1, 0.15) is 16.9 Å². The number of carbonyl (C=O) groups is 1. The molecular formula is C21H33ClN4O3. The van der Waals surface area contributed by atoms with Crippen molar-refractivity contribution in [1.29, 1.82) is 0 Å². The zero-order chi connectivity index (χ0) is 21.6. The standard InChI is InChI=1S/C19H27ClN4O3.C2H6/c1-19(2,3)27-18(25)24-10-6-8-14(24)16-21-11-13(22-16)12-7-5-9-15(20)23-17(12)26-4;1-2/h7,11,14-15H,5-6,8-10H2,1-4H3,(H,21,22);1-2H3. The van der Waals surface area contributed by atoms with Crippen LogP contribution in [0.15, 0.2) is 17.3 Å². The van der Waals surface area contributed by atoms with Gasteiger partial charge < -0.3 is 14.5 Å². The maximum atomic E-state index is 12.5. The second-order valence-electron chi connectivity index (χ2n) is 7.78. The number of H-pyrrole nitrogens is 1. The van der Waals surface area contributed by atoms with Gasteiger partial charge in [0.2, 0.25) is 5.90 Å². The number of imidazole rings is 1. The molecule has 7 nitrogen and oxygen atoms in total. The number of aromatic nitrogens is 2. The van der Waals surface area contributed by atoms with Gasteiger partial charge in [0.15, 0.2) is 0 Å². The molecule has 0 aliphatic carbocycles. The number of ether oxygens (including phenoxy) is 2. The summed E-state index contributed by atoms with van der Waals surface area (Å²) in [6, 6.07) is -0.122. The van der Waals surface area contributed by atoms with E-state index in [2.05, 4.69) is 21.0 Å². The SMILES string of the molecule is CC.COC1=NC(Cl)CCC=C1c1cnc(C2CCCN2C(=O)OC(C)(C)C)[nH]1. The van der Waals surface area contributed by atoms with Crippen molar-refractivity contribution in [2.75, 3.05) is 13.7 Å². The van der Waals surface area contributed by atoms with Crippen LogP contribution in [0.3, 0.4) is 0 Å². The molecule has 8 heteroatoms. The fourth-order valence-corrected chi connectivity index (χ4v) is 3.55. The van der Waals surface area contributed by atoms with Crippen LogP contribution in [-0.4, -0.2) is 51.6 Å². The lowest BCUT2D eigenvalue weighted by atomic mass is 10.1. The summed E-state index contributed by atoms with van der Waals surface area (Å²) in [5.74, 6) is 1.24. The molecule has 0 bridgehead atoms. The predicted octanol–water partition coefficient (Wildman–Crippen LogP) is 5.29. The smallest absolute Gasteiger partial charge is 0.410 e. The number of aliphatic imine (C=N–C) groups is 1. The van der Waals surface area contributed by atoms with Gasteiger partial charge >= 0.3 is 6.09 Å². The molecule has 2 aliphatic heterocycles. The van der Waals surface area contributed by atoms with Crippen LogP contribution in [0.2, 0.25) is 0 Å². The minimum atomic E-state index is -0.522. The van der Waals surface area contributed by atoms with Crippen LogP contribution in [0.4, 0.5) is 4.79 Å². The minimum absolute atomic E-state index is 0.122. The molecule has 2 atom stereocenters. The van der Waals surface area contributed by atoms with Crippen LogP contribution < -0.4 is 0 Å². The van der Waals surface area contributed by atoms with Crippen LogP contribution in [0.25, 0.3) is 5.57 Å². The first-order valence-electron chi connectivity index (χ1n) is 10.3. The lowest BCUT2D eigenvalue weighted by molar-refractivity contribution is 0.0218. The molecule has 1 saturated heterocycles. The first-order valence-corrected chi connectivity index (χ1v) is 10.7. The highest BCUT2D eigenvalue weighted by Gasteiger charge is 2.35. The molecular weight excluding hydrogens is 392 g/mol. The Bertz CT molecular complexity index is 751. The minimum Gasteiger partial charge on any atom is -0.481 e. The zero-order valence-electron chi connectivity index (χ0n) is 18.3. The molecule has 3 heterocycles. The third kappa shape index (κ3) is 5.98. The predicted molar refractivity (Wildman–Crippen MR) is 116 cm³/mol. The van der Waals surface area contributed by atoms with E-state index in [1.807, 2.05) is 34.6 Å². The van der Waals surface area contributed by atoms with E-state index in [4.69, 9.17) is 21.1 Å². The van der Waals surface area contributed by atoms with Crippen LogP contribution in [0.1, 0.15) is 77.9 Å². The van der Waals surface area contributed by atoms with Crippen molar-refractivity contribution in [3.05, 3.63) is 23.8 Å². The Labute approximate surface area is 178 Å². The maximum Gasteiger partial charge on any atom is 0.410 e. The Morgan fingerprint density at radius 1 is 1.31 bits per heavy atom. The molecule has 0 aromatic carbocycles. The fraction of sp³-hybridized carbons (Fsp3) is 0.667. The first kappa shape index (κ1) is 23.3. The lowest BCUT2D eigenvalue weighted by Crippen LogP contribution is -2.36. The van der Waals surface area contributed by atoms with Gasteiger partial charge in [-0.1, -0.05) is 31.5 Å². The Morgan fingerprint density at radius 3 is 2.69 bits per heavy atom. The van der Waals surface area contributed by atoms with Gasteiger partial charge in [-0.25, -0.2) is 14.8 Å². The van der Waals surface area contributed by atoms with Crippen LogP contribution >= 0.6 is 11.6 Å².